The highest BCUT2D eigenvalue weighted by Gasteiger charge is 2.42. The molecule has 0 saturated heterocycles. The Hall–Kier alpha value is -3.74. The van der Waals surface area contributed by atoms with E-state index in [1.54, 1.807) is 27.4 Å². The minimum Gasteiger partial charge on any atom is -0.497 e. The smallest absolute Gasteiger partial charge is 0.337 e. The number of dihydropyridines is 1. The van der Waals surface area contributed by atoms with Crippen LogP contribution in [0.4, 0.5) is 0 Å². The minimum atomic E-state index is -0.613. The van der Waals surface area contributed by atoms with Crippen LogP contribution < -0.4 is 19.5 Å². The molecule has 0 bridgehead atoms. The average Bonchev–Trinajstić information content (AvgIpc) is 2.91. The number of nitrogens with one attached hydrogen (secondary N) is 1. The number of allylic oxidation sites excluding steroid dienone is 3. The van der Waals surface area contributed by atoms with E-state index in [0.29, 0.717) is 47.6 Å². The summed E-state index contributed by atoms with van der Waals surface area (Å²) in [6.07, 6.45) is 1.43. The van der Waals surface area contributed by atoms with Crippen LogP contribution in [0.1, 0.15) is 63.0 Å². The first-order valence-electron chi connectivity index (χ1n) is 12.6. The SMILES string of the molecule is CC[C@H](C)OC(=O)C1=C(C)NC2=C(C(=O)C[C@H](c3ccc(OC)cc3)C2)[C@@H]1c1ccc(OC)cc1OC. The van der Waals surface area contributed by atoms with Gasteiger partial charge in [-0.3, -0.25) is 4.79 Å². The lowest BCUT2D eigenvalue weighted by Crippen LogP contribution is -2.36. The Morgan fingerprint density at radius 1 is 1.00 bits per heavy atom. The summed E-state index contributed by atoms with van der Waals surface area (Å²) in [7, 11) is 4.79. The van der Waals surface area contributed by atoms with Gasteiger partial charge in [0.15, 0.2) is 5.78 Å². The Kier molecular flexibility index (Phi) is 7.91. The van der Waals surface area contributed by atoms with E-state index >= 15 is 0 Å². The lowest BCUT2D eigenvalue weighted by atomic mass is 9.71. The standard InChI is InChI=1S/C30H35NO6/c1-7-17(2)37-30(33)27-18(3)31-24-14-20(19-8-10-21(34-4)11-9-19)15-25(32)29(24)28(27)23-13-12-22(35-5)16-26(23)36-6/h8-13,16-17,20,28,31H,7,14-15H2,1-6H3/t17-,20+,28+/m0/s1. The first-order valence-corrected chi connectivity index (χ1v) is 12.6. The fraction of sp³-hybridized carbons (Fsp3) is 0.400. The molecular weight excluding hydrogens is 470 g/mol. The molecule has 3 atom stereocenters. The number of ketones is 1. The van der Waals surface area contributed by atoms with Crippen molar-refractivity contribution in [3.8, 4) is 17.2 Å². The van der Waals surface area contributed by atoms with Crippen LogP contribution in [-0.2, 0) is 14.3 Å². The lowest BCUT2D eigenvalue weighted by molar-refractivity contribution is -0.144. The highest BCUT2D eigenvalue weighted by atomic mass is 16.5. The Labute approximate surface area is 218 Å². The summed E-state index contributed by atoms with van der Waals surface area (Å²) in [5, 5.41) is 3.40. The van der Waals surface area contributed by atoms with Gasteiger partial charge in [-0.2, -0.15) is 0 Å². The first kappa shape index (κ1) is 26.3. The number of carbonyl (C=O) groups excluding carboxylic acids is 2. The highest BCUT2D eigenvalue weighted by molar-refractivity contribution is 6.04. The molecule has 7 heteroatoms. The van der Waals surface area contributed by atoms with Gasteiger partial charge >= 0.3 is 5.97 Å². The van der Waals surface area contributed by atoms with Crippen LogP contribution in [0.5, 0.6) is 17.2 Å². The van der Waals surface area contributed by atoms with Gasteiger partial charge in [-0.1, -0.05) is 25.1 Å². The summed E-state index contributed by atoms with van der Waals surface area (Å²) < 4.78 is 22.1. The van der Waals surface area contributed by atoms with Crippen molar-refractivity contribution in [3.05, 3.63) is 76.1 Å². The summed E-state index contributed by atoms with van der Waals surface area (Å²) in [5.74, 6) is 0.920. The maximum Gasteiger partial charge on any atom is 0.337 e. The van der Waals surface area contributed by atoms with Crippen molar-refractivity contribution in [1.82, 2.24) is 5.32 Å². The Balaban J connectivity index is 1.81. The van der Waals surface area contributed by atoms with E-state index in [9.17, 15) is 9.59 Å². The molecule has 2 aromatic rings. The molecule has 37 heavy (non-hydrogen) atoms. The number of ether oxygens (including phenoxy) is 4. The second kappa shape index (κ2) is 11.1. The largest absolute Gasteiger partial charge is 0.497 e. The molecule has 2 aliphatic rings. The second-order valence-corrected chi connectivity index (χ2v) is 9.52. The molecule has 1 aliphatic carbocycles. The fourth-order valence-corrected chi connectivity index (χ4v) is 5.12. The fourth-order valence-electron chi connectivity index (χ4n) is 5.12. The number of hydrogen-bond acceptors (Lipinski definition) is 7. The first-order chi connectivity index (χ1) is 17.8. The monoisotopic (exact) mass is 505 g/mol. The molecule has 0 aromatic heterocycles. The maximum absolute atomic E-state index is 13.8. The summed E-state index contributed by atoms with van der Waals surface area (Å²) in [4.78, 5) is 27.3. The van der Waals surface area contributed by atoms with Gasteiger partial charge < -0.3 is 24.3 Å². The molecular formula is C30H35NO6. The Bertz CT molecular complexity index is 1240. The molecule has 4 rings (SSSR count). The van der Waals surface area contributed by atoms with Gasteiger partial charge in [0.2, 0.25) is 0 Å². The van der Waals surface area contributed by atoms with E-state index < -0.39 is 11.9 Å². The van der Waals surface area contributed by atoms with E-state index in [0.717, 1.165) is 22.6 Å². The second-order valence-electron chi connectivity index (χ2n) is 9.52. The van der Waals surface area contributed by atoms with Crippen molar-refractivity contribution < 1.29 is 28.5 Å². The molecule has 1 heterocycles. The van der Waals surface area contributed by atoms with Gasteiger partial charge in [-0.15, -0.1) is 0 Å². The molecule has 1 N–H and O–H groups in total. The molecule has 2 aromatic carbocycles. The lowest BCUT2D eigenvalue weighted by Gasteiger charge is -2.37. The Morgan fingerprint density at radius 2 is 1.68 bits per heavy atom. The molecule has 0 fully saturated rings. The molecule has 0 spiro atoms. The average molecular weight is 506 g/mol. The van der Waals surface area contributed by atoms with E-state index in [2.05, 4.69) is 5.32 Å². The van der Waals surface area contributed by atoms with Crippen LogP contribution >= 0.6 is 0 Å². The van der Waals surface area contributed by atoms with Gasteiger partial charge in [0, 0.05) is 35.0 Å². The Morgan fingerprint density at radius 3 is 2.30 bits per heavy atom. The van der Waals surface area contributed by atoms with Crippen LogP contribution in [0, 0.1) is 0 Å². The summed E-state index contributed by atoms with van der Waals surface area (Å²) in [6.45, 7) is 5.69. The number of hydrogen-bond donors (Lipinski definition) is 1. The zero-order valence-corrected chi connectivity index (χ0v) is 22.3. The third-order valence-corrected chi connectivity index (χ3v) is 7.27. The van der Waals surface area contributed by atoms with Crippen molar-refractivity contribution in [2.45, 2.75) is 58.0 Å². The van der Waals surface area contributed by atoms with E-state index in [1.807, 2.05) is 57.2 Å². The number of carbonyl (C=O) groups is 2. The summed E-state index contributed by atoms with van der Waals surface area (Å²) in [6, 6.07) is 13.3. The number of esters is 1. The molecule has 196 valence electrons. The summed E-state index contributed by atoms with van der Waals surface area (Å²) in [5.41, 5.74) is 4.33. The molecule has 0 unspecified atom stereocenters. The number of methoxy groups -OCH3 is 3. The predicted octanol–water partition coefficient (Wildman–Crippen LogP) is 5.42. The van der Waals surface area contributed by atoms with Gasteiger partial charge in [0.05, 0.1) is 38.9 Å². The predicted molar refractivity (Wildman–Crippen MR) is 141 cm³/mol. The van der Waals surface area contributed by atoms with E-state index in [1.165, 1.54) is 0 Å². The molecule has 0 saturated carbocycles. The van der Waals surface area contributed by atoms with Crippen LogP contribution in [-0.4, -0.2) is 39.2 Å². The summed E-state index contributed by atoms with van der Waals surface area (Å²) >= 11 is 0. The van der Waals surface area contributed by atoms with Crippen LogP contribution in [0.2, 0.25) is 0 Å². The number of benzene rings is 2. The number of rotatable bonds is 8. The normalized spacial score (nSPS) is 20.1. The third kappa shape index (κ3) is 5.22. The van der Waals surface area contributed by atoms with Gasteiger partial charge in [0.25, 0.3) is 0 Å². The minimum absolute atomic E-state index is 0.00113. The zero-order valence-electron chi connectivity index (χ0n) is 22.3. The van der Waals surface area contributed by atoms with Crippen molar-refractivity contribution in [2.75, 3.05) is 21.3 Å². The van der Waals surface area contributed by atoms with E-state index in [4.69, 9.17) is 18.9 Å². The maximum atomic E-state index is 13.8. The van der Waals surface area contributed by atoms with Crippen molar-refractivity contribution in [3.63, 3.8) is 0 Å². The quantitative estimate of drug-likeness (QED) is 0.480. The van der Waals surface area contributed by atoms with Crippen molar-refractivity contribution in [1.29, 1.82) is 0 Å². The van der Waals surface area contributed by atoms with Crippen LogP contribution in [0.25, 0.3) is 0 Å². The molecule has 7 nitrogen and oxygen atoms in total. The zero-order chi connectivity index (χ0) is 26.7. The number of Topliss-reactive ketones (excluding diaryl/α,β-unsaturated/α-hetero) is 1. The molecule has 0 amide bonds. The van der Waals surface area contributed by atoms with Crippen LogP contribution in [0.15, 0.2) is 65.0 Å². The van der Waals surface area contributed by atoms with Crippen LogP contribution in [0.3, 0.4) is 0 Å². The van der Waals surface area contributed by atoms with Gasteiger partial charge in [0.1, 0.15) is 17.2 Å². The molecule has 0 radical (unpaired) electrons. The van der Waals surface area contributed by atoms with Crippen molar-refractivity contribution >= 4 is 11.8 Å². The highest BCUT2D eigenvalue weighted by Crippen LogP contribution is 2.48. The molecule has 1 aliphatic heterocycles. The van der Waals surface area contributed by atoms with E-state index in [-0.39, 0.29) is 17.8 Å². The topological polar surface area (TPSA) is 83.1 Å². The van der Waals surface area contributed by atoms with Crippen molar-refractivity contribution in [2.24, 2.45) is 0 Å². The van der Waals surface area contributed by atoms with Gasteiger partial charge in [-0.25, -0.2) is 4.79 Å². The van der Waals surface area contributed by atoms with Gasteiger partial charge in [-0.05, 0) is 56.4 Å². The third-order valence-electron chi connectivity index (χ3n) is 7.27.